The number of nitrogens with zero attached hydrogens (tertiary/aromatic N) is 2. The van der Waals surface area contributed by atoms with E-state index in [0.717, 1.165) is 26.2 Å². The molecule has 0 spiro atoms. The van der Waals surface area contributed by atoms with Crippen molar-refractivity contribution >= 4 is 11.8 Å². The van der Waals surface area contributed by atoms with E-state index in [4.69, 9.17) is 0 Å². The lowest BCUT2D eigenvalue weighted by molar-refractivity contribution is -0.146. The molecule has 102 valence electrons. The Morgan fingerprint density at radius 3 is 2.61 bits per heavy atom. The van der Waals surface area contributed by atoms with Crippen molar-refractivity contribution < 1.29 is 9.59 Å². The van der Waals surface area contributed by atoms with Gasteiger partial charge in [0.25, 0.3) is 0 Å². The van der Waals surface area contributed by atoms with Crippen LogP contribution in [0.15, 0.2) is 0 Å². The van der Waals surface area contributed by atoms with Gasteiger partial charge in [0.1, 0.15) is 6.04 Å². The number of hydrogen-bond acceptors (Lipinski definition) is 4. The molecule has 6 heteroatoms. The van der Waals surface area contributed by atoms with Crippen LogP contribution in [0, 0.1) is 0 Å². The predicted octanol–water partition coefficient (Wildman–Crippen LogP) is -1.37. The van der Waals surface area contributed by atoms with Gasteiger partial charge in [-0.05, 0) is 13.8 Å². The highest BCUT2D eigenvalue weighted by molar-refractivity contribution is 5.90. The first kappa shape index (κ1) is 13.3. The van der Waals surface area contributed by atoms with Crippen LogP contribution in [0.5, 0.6) is 0 Å². The molecule has 0 aromatic carbocycles. The fourth-order valence-electron chi connectivity index (χ4n) is 2.55. The van der Waals surface area contributed by atoms with E-state index < -0.39 is 0 Å². The lowest BCUT2D eigenvalue weighted by Crippen LogP contribution is -2.61. The smallest absolute Gasteiger partial charge is 0.242 e. The van der Waals surface area contributed by atoms with Gasteiger partial charge in [-0.3, -0.25) is 14.5 Å². The molecule has 2 amide bonds. The second kappa shape index (κ2) is 5.67. The van der Waals surface area contributed by atoms with Crippen LogP contribution in [-0.2, 0) is 9.59 Å². The molecular weight excluding hydrogens is 232 g/mol. The van der Waals surface area contributed by atoms with E-state index >= 15 is 0 Å². The van der Waals surface area contributed by atoms with Crippen LogP contribution in [0.2, 0.25) is 0 Å². The summed E-state index contributed by atoms with van der Waals surface area (Å²) in [4.78, 5) is 27.9. The molecule has 2 atom stereocenters. The molecule has 2 unspecified atom stereocenters. The van der Waals surface area contributed by atoms with Crippen LogP contribution < -0.4 is 10.6 Å². The number of amides is 2. The molecule has 2 saturated heterocycles. The van der Waals surface area contributed by atoms with Gasteiger partial charge >= 0.3 is 0 Å². The SMILES string of the molecule is CC(C(=O)N1CCNC(=O)C1C)N1CCNCC1. The zero-order valence-corrected chi connectivity index (χ0v) is 11.1. The molecule has 0 radical (unpaired) electrons. The molecule has 0 saturated carbocycles. The molecule has 2 aliphatic rings. The Hall–Kier alpha value is -1.14. The van der Waals surface area contributed by atoms with Crippen molar-refractivity contribution in [2.24, 2.45) is 0 Å². The van der Waals surface area contributed by atoms with Crippen LogP contribution in [0.25, 0.3) is 0 Å². The summed E-state index contributed by atoms with van der Waals surface area (Å²) < 4.78 is 0. The molecule has 2 rings (SSSR count). The van der Waals surface area contributed by atoms with Gasteiger partial charge < -0.3 is 15.5 Å². The summed E-state index contributed by atoms with van der Waals surface area (Å²) in [5, 5.41) is 6.05. The molecule has 0 bridgehead atoms. The van der Waals surface area contributed by atoms with E-state index in [1.807, 2.05) is 6.92 Å². The molecule has 2 aliphatic heterocycles. The molecule has 2 heterocycles. The van der Waals surface area contributed by atoms with Crippen molar-refractivity contribution in [1.82, 2.24) is 20.4 Å². The maximum Gasteiger partial charge on any atom is 0.242 e. The fourth-order valence-corrected chi connectivity index (χ4v) is 2.55. The van der Waals surface area contributed by atoms with Crippen LogP contribution in [0.3, 0.4) is 0 Å². The number of hydrogen-bond donors (Lipinski definition) is 2. The van der Waals surface area contributed by atoms with E-state index in [0.29, 0.717) is 13.1 Å². The van der Waals surface area contributed by atoms with Crippen molar-refractivity contribution in [2.45, 2.75) is 25.9 Å². The van der Waals surface area contributed by atoms with E-state index in [1.54, 1.807) is 11.8 Å². The van der Waals surface area contributed by atoms with Gasteiger partial charge in [0, 0.05) is 39.3 Å². The average Bonchev–Trinajstić information content (AvgIpc) is 2.41. The Kier molecular flexibility index (Phi) is 4.19. The maximum atomic E-state index is 12.4. The van der Waals surface area contributed by atoms with Gasteiger partial charge in [-0.15, -0.1) is 0 Å². The van der Waals surface area contributed by atoms with E-state index in [1.165, 1.54) is 0 Å². The zero-order chi connectivity index (χ0) is 13.1. The summed E-state index contributed by atoms with van der Waals surface area (Å²) >= 11 is 0. The molecule has 2 fully saturated rings. The van der Waals surface area contributed by atoms with Gasteiger partial charge in [-0.1, -0.05) is 0 Å². The average molecular weight is 254 g/mol. The van der Waals surface area contributed by atoms with Crippen molar-refractivity contribution in [2.75, 3.05) is 39.3 Å². The predicted molar refractivity (Wildman–Crippen MR) is 68.1 cm³/mol. The van der Waals surface area contributed by atoms with E-state index in [-0.39, 0.29) is 23.9 Å². The Labute approximate surface area is 108 Å². The van der Waals surface area contributed by atoms with Crippen LogP contribution >= 0.6 is 0 Å². The maximum absolute atomic E-state index is 12.4. The summed E-state index contributed by atoms with van der Waals surface area (Å²) in [6, 6.07) is -0.489. The van der Waals surface area contributed by atoms with Crippen molar-refractivity contribution in [3.63, 3.8) is 0 Å². The van der Waals surface area contributed by atoms with Gasteiger partial charge in [-0.25, -0.2) is 0 Å². The summed E-state index contributed by atoms with van der Waals surface area (Å²) in [6.07, 6.45) is 0. The quantitative estimate of drug-likeness (QED) is 0.638. The Balaban J connectivity index is 1.98. The zero-order valence-electron chi connectivity index (χ0n) is 11.1. The number of nitrogens with one attached hydrogen (secondary N) is 2. The highest BCUT2D eigenvalue weighted by Crippen LogP contribution is 2.10. The first-order valence-corrected chi connectivity index (χ1v) is 6.64. The Morgan fingerprint density at radius 2 is 1.94 bits per heavy atom. The molecule has 0 aliphatic carbocycles. The van der Waals surface area contributed by atoms with Crippen LogP contribution in [0.4, 0.5) is 0 Å². The van der Waals surface area contributed by atoms with Gasteiger partial charge in [0.2, 0.25) is 11.8 Å². The third-order valence-electron chi connectivity index (χ3n) is 3.84. The number of piperazine rings is 2. The molecule has 0 aromatic rings. The topological polar surface area (TPSA) is 64.7 Å². The summed E-state index contributed by atoms with van der Waals surface area (Å²) in [5.74, 6) is 0.0151. The largest absolute Gasteiger partial charge is 0.353 e. The van der Waals surface area contributed by atoms with Gasteiger partial charge in [0.15, 0.2) is 0 Å². The van der Waals surface area contributed by atoms with Crippen molar-refractivity contribution in [3.05, 3.63) is 0 Å². The summed E-state index contributed by atoms with van der Waals surface area (Å²) in [6.45, 7) is 8.53. The first-order chi connectivity index (χ1) is 8.61. The molecule has 0 aromatic heterocycles. The highest BCUT2D eigenvalue weighted by atomic mass is 16.2. The number of rotatable bonds is 2. The molecule has 6 nitrogen and oxygen atoms in total. The lowest BCUT2D eigenvalue weighted by Gasteiger charge is -2.38. The normalized spacial score (nSPS) is 27.8. The van der Waals surface area contributed by atoms with E-state index in [2.05, 4.69) is 15.5 Å². The van der Waals surface area contributed by atoms with Crippen molar-refractivity contribution in [3.8, 4) is 0 Å². The van der Waals surface area contributed by atoms with Crippen molar-refractivity contribution in [1.29, 1.82) is 0 Å². The molecule has 18 heavy (non-hydrogen) atoms. The highest BCUT2D eigenvalue weighted by Gasteiger charge is 2.34. The summed E-state index contributed by atoms with van der Waals surface area (Å²) in [7, 11) is 0. The van der Waals surface area contributed by atoms with Crippen LogP contribution in [-0.4, -0.2) is 73.0 Å². The second-order valence-electron chi connectivity index (χ2n) is 4.96. The fraction of sp³-hybridized carbons (Fsp3) is 0.833. The second-order valence-corrected chi connectivity index (χ2v) is 4.96. The lowest BCUT2D eigenvalue weighted by atomic mass is 10.1. The molecule has 2 N–H and O–H groups in total. The van der Waals surface area contributed by atoms with Gasteiger partial charge in [-0.2, -0.15) is 0 Å². The van der Waals surface area contributed by atoms with E-state index in [9.17, 15) is 9.59 Å². The minimum Gasteiger partial charge on any atom is -0.353 e. The number of carbonyl (C=O) groups is 2. The minimum absolute atomic E-state index is 0.0536. The third kappa shape index (κ3) is 2.64. The van der Waals surface area contributed by atoms with Crippen LogP contribution in [0.1, 0.15) is 13.8 Å². The Morgan fingerprint density at radius 1 is 1.28 bits per heavy atom. The van der Waals surface area contributed by atoms with Gasteiger partial charge in [0.05, 0.1) is 6.04 Å². The number of carbonyl (C=O) groups excluding carboxylic acids is 2. The Bertz CT molecular complexity index is 328. The minimum atomic E-state index is -0.350. The standard InChI is InChI=1S/C12H22N4O2/c1-9-11(17)14-5-8-16(9)12(18)10(2)15-6-3-13-4-7-15/h9-10,13H,3-8H2,1-2H3,(H,14,17). The first-order valence-electron chi connectivity index (χ1n) is 6.64. The summed E-state index contributed by atoms with van der Waals surface area (Å²) in [5.41, 5.74) is 0. The monoisotopic (exact) mass is 254 g/mol. The molecular formula is C12H22N4O2. The third-order valence-corrected chi connectivity index (χ3v) is 3.84.